The van der Waals surface area contributed by atoms with Crippen LogP contribution in [0.25, 0.3) is 11.0 Å². The van der Waals surface area contributed by atoms with E-state index in [4.69, 9.17) is 32.9 Å². The van der Waals surface area contributed by atoms with Crippen LogP contribution < -0.4 is 5.32 Å². The van der Waals surface area contributed by atoms with Crippen molar-refractivity contribution in [2.24, 2.45) is 0 Å². The Morgan fingerprint density at radius 1 is 1.22 bits per heavy atom. The Hall–Kier alpha value is -2.08. The van der Waals surface area contributed by atoms with Crippen LogP contribution in [0, 0.1) is 0 Å². The molecule has 0 saturated heterocycles. The number of amides is 1. The molecular weight excluding hydrogens is 385 g/mol. The zero-order valence-electron chi connectivity index (χ0n) is 15.2. The van der Waals surface area contributed by atoms with E-state index >= 15 is 0 Å². The fourth-order valence-electron chi connectivity index (χ4n) is 3.06. The summed E-state index contributed by atoms with van der Waals surface area (Å²) in [5, 5.41) is 4.03. The highest BCUT2D eigenvalue weighted by molar-refractivity contribution is 6.42. The molecule has 0 bridgehead atoms. The monoisotopic (exact) mass is 405 g/mol. The topological polar surface area (TPSA) is 56.1 Å². The summed E-state index contributed by atoms with van der Waals surface area (Å²) in [6.07, 6.45) is 0.708. The third kappa shape index (κ3) is 4.43. The number of methoxy groups -OCH3 is 1. The lowest BCUT2D eigenvalue weighted by atomic mass is 10.2. The second-order valence-corrected chi connectivity index (χ2v) is 7.07. The zero-order chi connectivity index (χ0) is 19.4. The van der Waals surface area contributed by atoms with Crippen LogP contribution in [0.3, 0.4) is 0 Å². The number of nitrogens with one attached hydrogen (secondary N) is 1. The Morgan fingerprint density at radius 2 is 2.00 bits per heavy atom. The SMILES string of the molecule is CCC(NC(=O)COC)c1nc2ccccc2n1Cc1ccc(Cl)c(Cl)c1. The molecule has 1 aromatic heterocycles. The molecule has 1 heterocycles. The van der Waals surface area contributed by atoms with E-state index in [1.807, 2.05) is 43.3 Å². The molecule has 3 rings (SSSR count). The summed E-state index contributed by atoms with van der Waals surface area (Å²) < 4.78 is 7.03. The highest BCUT2D eigenvalue weighted by Crippen LogP contribution is 2.27. The molecule has 1 atom stereocenters. The summed E-state index contributed by atoms with van der Waals surface area (Å²) in [5.74, 6) is 0.631. The van der Waals surface area contributed by atoms with Gasteiger partial charge in [0.2, 0.25) is 5.91 Å². The van der Waals surface area contributed by atoms with Crippen molar-refractivity contribution in [1.29, 1.82) is 0 Å². The highest BCUT2D eigenvalue weighted by atomic mass is 35.5. The van der Waals surface area contributed by atoms with E-state index in [1.165, 1.54) is 7.11 Å². The molecule has 1 amide bonds. The molecule has 0 aliphatic heterocycles. The lowest BCUT2D eigenvalue weighted by Crippen LogP contribution is -2.32. The number of imidazole rings is 1. The number of carbonyl (C=O) groups is 1. The number of nitrogens with zero attached hydrogens (tertiary/aromatic N) is 2. The number of halogens is 2. The summed E-state index contributed by atoms with van der Waals surface area (Å²) >= 11 is 12.2. The minimum atomic E-state index is -0.220. The quantitative estimate of drug-likeness (QED) is 0.624. The predicted octanol–water partition coefficient (Wildman–Crippen LogP) is 4.61. The molecule has 2 aromatic carbocycles. The molecule has 0 radical (unpaired) electrons. The van der Waals surface area contributed by atoms with Crippen molar-refractivity contribution < 1.29 is 9.53 Å². The van der Waals surface area contributed by atoms with Crippen LogP contribution in [-0.2, 0) is 16.1 Å². The van der Waals surface area contributed by atoms with Crippen molar-refractivity contribution >= 4 is 40.1 Å². The van der Waals surface area contributed by atoms with Crippen LogP contribution in [0.4, 0.5) is 0 Å². The molecule has 27 heavy (non-hydrogen) atoms. The lowest BCUT2D eigenvalue weighted by Gasteiger charge is -2.19. The number of hydrogen-bond acceptors (Lipinski definition) is 3. The van der Waals surface area contributed by atoms with Gasteiger partial charge in [-0.1, -0.05) is 48.3 Å². The van der Waals surface area contributed by atoms with E-state index in [-0.39, 0.29) is 18.6 Å². The van der Waals surface area contributed by atoms with Gasteiger partial charge in [0.15, 0.2) is 0 Å². The summed E-state index contributed by atoms with van der Waals surface area (Å²) in [4.78, 5) is 16.8. The molecule has 1 unspecified atom stereocenters. The first-order chi connectivity index (χ1) is 13.0. The average Bonchev–Trinajstić information content (AvgIpc) is 3.01. The number of aromatic nitrogens is 2. The second kappa shape index (κ2) is 8.74. The molecule has 5 nitrogen and oxygen atoms in total. The van der Waals surface area contributed by atoms with E-state index in [2.05, 4.69) is 9.88 Å². The maximum absolute atomic E-state index is 12.0. The molecular formula is C20H21Cl2N3O2. The minimum Gasteiger partial charge on any atom is -0.375 e. The number of para-hydroxylation sites is 2. The van der Waals surface area contributed by atoms with Crippen molar-refractivity contribution in [1.82, 2.24) is 14.9 Å². The van der Waals surface area contributed by atoms with Crippen LogP contribution in [0.2, 0.25) is 10.0 Å². The largest absolute Gasteiger partial charge is 0.375 e. The number of ether oxygens (including phenoxy) is 1. The van der Waals surface area contributed by atoms with Gasteiger partial charge in [-0.15, -0.1) is 0 Å². The summed E-state index contributed by atoms with van der Waals surface area (Å²) in [6, 6.07) is 13.3. The average molecular weight is 406 g/mol. The molecule has 142 valence electrons. The van der Waals surface area contributed by atoms with Crippen molar-refractivity contribution in [2.45, 2.75) is 25.9 Å². The third-order valence-electron chi connectivity index (χ3n) is 4.34. The van der Waals surface area contributed by atoms with Crippen molar-refractivity contribution in [3.8, 4) is 0 Å². The minimum absolute atomic E-state index is 0.0174. The maximum Gasteiger partial charge on any atom is 0.246 e. The molecule has 0 saturated carbocycles. The first-order valence-electron chi connectivity index (χ1n) is 8.70. The highest BCUT2D eigenvalue weighted by Gasteiger charge is 2.21. The smallest absolute Gasteiger partial charge is 0.246 e. The summed E-state index contributed by atoms with van der Waals surface area (Å²) in [5.41, 5.74) is 2.89. The van der Waals surface area contributed by atoms with Crippen LogP contribution >= 0.6 is 23.2 Å². The van der Waals surface area contributed by atoms with E-state index in [0.29, 0.717) is 23.0 Å². The van der Waals surface area contributed by atoms with Crippen LogP contribution in [-0.4, -0.2) is 29.2 Å². The number of rotatable bonds is 7. The van der Waals surface area contributed by atoms with Crippen molar-refractivity contribution in [2.75, 3.05) is 13.7 Å². The Bertz CT molecular complexity index is 956. The van der Waals surface area contributed by atoms with Crippen LogP contribution in [0.1, 0.15) is 30.8 Å². The van der Waals surface area contributed by atoms with Gasteiger partial charge in [-0.25, -0.2) is 4.98 Å². The van der Waals surface area contributed by atoms with Gasteiger partial charge in [0.25, 0.3) is 0 Å². The molecule has 1 N–H and O–H groups in total. The lowest BCUT2D eigenvalue weighted by molar-refractivity contribution is -0.125. The number of fused-ring (bicyclic) bond motifs is 1. The van der Waals surface area contributed by atoms with Crippen molar-refractivity contribution in [3.63, 3.8) is 0 Å². The van der Waals surface area contributed by atoms with Gasteiger partial charge in [-0.2, -0.15) is 0 Å². The van der Waals surface area contributed by atoms with Gasteiger partial charge in [-0.05, 0) is 36.2 Å². The van der Waals surface area contributed by atoms with E-state index in [9.17, 15) is 4.79 Å². The predicted molar refractivity (Wildman–Crippen MR) is 108 cm³/mol. The Balaban J connectivity index is 2.02. The summed E-state index contributed by atoms with van der Waals surface area (Å²) in [6.45, 7) is 2.60. The zero-order valence-corrected chi connectivity index (χ0v) is 16.7. The van der Waals surface area contributed by atoms with Gasteiger partial charge in [0, 0.05) is 13.7 Å². The number of benzene rings is 2. The Morgan fingerprint density at radius 3 is 2.70 bits per heavy atom. The van der Waals surface area contributed by atoms with E-state index in [0.717, 1.165) is 22.4 Å². The molecule has 0 spiro atoms. The first-order valence-corrected chi connectivity index (χ1v) is 9.46. The van der Waals surface area contributed by atoms with Crippen molar-refractivity contribution in [3.05, 3.63) is 63.9 Å². The first kappa shape index (κ1) is 19.7. The van der Waals surface area contributed by atoms with Gasteiger partial charge in [-0.3, -0.25) is 4.79 Å². The Labute approximate surface area is 168 Å². The number of carbonyl (C=O) groups excluding carboxylic acids is 1. The van der Waals surface area contributed by atoms with Gasteiger partial charge in [0.05, 0.1) is 27.1 Å². The molecule has 0 fully saturated rings. The Kier molecular flexibility index (Phi) is 6.37. The number of hydrogen-bond donors (Lipinski definition) is 1. The van der Waals surface area contributed by atoms with E-state index < -0.39 is 0 Å². The standard InChI is InChI=1S/C20H21Cl2N3O2/c1-3-16(23-19(26)12-27-2)20-24-17-6-4-5-7-18(17)25(20)11-13-8-9-14(21)15(22)10-13/h4-10,16H,3,11-12H2,1-2H3,(H,23,26). The molecule has 0 aliphatic rings. The molecule has 3 aromatic rings. The van der Waals surface area contributed by atoms with Gasteiger partial charge in [0.1, 0.15) is 12.4 Å². The maximum atomic E-state index is 12.0. The van der Waals surface area contributed by atoms with Crippen LogP contribution in [0.5, 0.6) is 0 Å². The van der Waals surface area contributed by atoms with Gasteiger partial charge < -0.3 is 14.6 Å². The van der Waals surface area contributed by atoms with E-state index in [1.54, 1.807) is 6.07 Å². The fraction of sp³-hybridized carbons (Fsp3) is 0.300. The fourth-order valence-corrected chi connectivity index (χ4v) is 3.38. The molecule has 0 aliphatic carbocycles. The van der Waals surface area contributed by atoms with Crippen LogP contribution in [0.15, 0.2) is 42.5 Å². The summed E-state index contributed by atoms with van der Waals surface area (Å²) in [7, 11) is 1.50. The third-order valence-corrected chi connectivity index (χ3v) is 5.08. The second-order valence-electron chi connectivity index (χ2n) is 6.25. The van der Waals surface area contributed by atoms with Gasteiger partial charge >= 0.3 is 0 Å². The molecule has 7 heteroatoms. The normalized spacial score (nSPS) is 12.3.